The van der Waals surface area contributed by atoms with Crippen molar-refractivity contribution in [3.8, 4) is 0 Å². The number of hydrogen-bond donors (Lipinski definition) is 1. The van der Waals surface area contributed by atoms with E-state index in [4.69, 9.17) is 5.73 Å². The summed E-state index contributed by atoms with van der Waals surface area (Å²) in [6.45, 7) is 2.83. The zero-order valence-corrected chi connectivity index (χ0v) is 22.6. The number of likely N-dealkylation sites (tertiary alicyclic amines) is 2. The molecule has 212 valence electrons. The second-order valence-corrected chi connectivity index (χ2v) is 11.6. The summed E-state index contributed by atoms with van der Waals surface area (Å²) in [5, 5.41) is 4.68. The van der Waals surface area contributed by atoms with Crippen LogP contribution in [0, 0.1) is 5.41 Å². The molecule has 6 rings (SSSR count). The van der Waals surface area contributed by atoms with Crippen LogP contribution in [0.15, 0.2) is 30.5 Å². The maximum absolute atomic E-state index is 13.9. The summed E-state index contributed by atoms with van der Waals surface area (Å²) in [6, 6.07) is 5.17. The number of primary amides is 1. The Bertz CT molecular complexity index is 1230. The van der Waals surface area contributed by atoms with Gasteiger partial charge in [0.05, 0.1) is 40.5 Å². The van der Waals surface area contributed by atoms with Gasteiger partial charge in [0.1, 0.15) is 0 Å². The van der Waals surface area contributed by atoms with E-state index in [2.05, 4.69) is 10.00 Å². The van der Waals surface area contributed by atoms with Crippen molar-refractivity contribution < 1.29 is 22.8 Å². The van der Waals surface area contributed by atoms with E-state index in [1.54, 1.807) is 17.2 Å². The maximum Gasteiger partial charge on any atom is 0.416 e. The minimum Gasteiger partial charge on any atom is -0.369 e. The lowest BCUT2D eigenvalue weighted by Crippen LogP contribution is -2.42. The Balaban J connectivity index is 0.00000308. The summed E-state index contributed by atoms with van der Waals surface area (Å²) < 4.78 is 43.3. The molecule has 1 unspecified atom stereocenters. The summed E-state index contributed by atoms with van der Waals surface area (Å²) in [7, 11) is 0. The van der Waals surface area contributed by atoms with Crippen molar-refractivity contribution in [3.05, 3.63) is 52.8 Å². The van der Waals surface area contributed by atoms with Gasteiger partial charge in [-0.25, -0.2) is 0 Å². The quantitative estimate of drug-likeness (QED) is 0.507. The van der Waals surface area contributed by atoms with Crippen LogP contribution in [-0.2, 0) is 11.0 Å². The number of hydrogen-bond acceptors (Lipinski definition) is 4. The van der Waals surface area contributed by atoms with Crippen LogP contribution in [0.5, 0.6) is 0 Å². The summed E-state index contributed by atoms with van der Waals surface area (Å²) in [6.07, 6.45) is 3.80. The number of aromatic nitrogens is 2. The number of rotatable bonds is 7. The molecule has 2 aliphatic carbocycles. The third-order valence-corrected chi connectivity index (χ3v) is 8.97. The van der Waals surface area contributed by atoms with Gasteiger partial charge in [0, 0.05) is 32.1 Å². The molecular weight excluding hydrogens is 531 g/mol. The zero-order valence-electron chi connectivity index (χ0n) is 21.8. The van der Waals surface area contributed by atoms with Crippen LogP contribution < -0.4 is 5.73 Å². The Hall–Kier alpha value is -2.59. The first kappa shape index (κ1) is 28.0. The first-order valence-corrected chi connectivity index (χ1v) is 13.7. The molecule has 4 aliphatic rings. The molecule has 2 aromatic rings. The number of carbonyl (C=O) groups excluding carboxylic acids is 2. The predicted molar refractivity (Wildman–Crippen MR) is 141 cm³/mol. The van der Waals surface area contributed by atoms with E-state index in [-0.39, 0.29) is 47.2 Å². The van der Waals surface area contributed by atoms with Crippen LogP contribution in [0.2, 0.25) is 0 Å². The highest BCUT2D eigenvalue weighted by atomic mass is 35.5. The Morgan fingerprint density at radius 3 is 2.33 bits per heavy atom. The zero-order chi connectivity index (χ0) is 26.7. The number of benzene rings is 1. The van der Waals surface area contributed by atoms with Crippen LogP contribution in [0.25, 0.3) is 0 Å². The van der Waals surface area contributed by atoms with E-state index < -0.39 is 17.8 Å². The number of nitrogens with two attached hydrogens (primary N) is 1. The molecule has 1 aromatic heterocycles. The fraction of sp³-hybridized carbons (Fsp3) is 0.607. The Kier molecular flexibility index (Phi) is 7.47. The molecule has 0 radical (unpaired) electrons. The van der Waals surface area contributed by atoms with Gasteiger partial charge in [0.2, 0.25) is 5.91 Å². The molecule has 11 heteroatoms. The average Bonchev–Trinajstić information content (AvgIpc) is 3.80. The van der Waals surface area contributed by atoms with E-state index >= 15 is 0 Å². The summed E-state index contributed by atoms with van der Waals surface area (Å²) in [5.41, 5.74) is 6.25. The second-order valence-electron chi connectivity index (χ2n) is 11.6. The topological polar surface area (TPSA) is 84.5 Å². The van der Waals surface area contributed by atoms with Gasteiger partial charge in [-0.1, -0.05) is 18.2 Å². The lowest BCUT2D eigenvalue weighted by atomic mass is 9.97. The minimum absolute atomic E-state index is 0. The molecule has 2 aliphatic heterocycles. The normalized spacial score (nSPS) is 23.5. The van der Waals surface area contributed by atoms with Crippen LogP contribution in [0.4, 0.5) is 13.2 Å². The van der Waals surface area contributed by atoms with Crippen molar-refractivity contribution in [1.29, 1.82) is 0 Å². The highest BCUT2D eigenvalue weighted by Gasteiger charge is 2.50. The fourth-order valence-electron chi connectivity index (χ4n) is 6.51. The molecule has 39 heavy (non-hydrogen) atoms. The van der Waals surface area contributed by atoms with Crippen LogP contribution in [0.3, 0.4) is 0 Å². The van der Waals surface area contributed by atoms with Crippen LogP contribution in [0.1, 0.15) is 96.5 Å². The van der Waals surface area contributed by atoms with Gasteiger partial charge in [0.25, 0.3) is 5.91 Å². The van der Waals surface area contributed by atoms with Crippen molar-refractivity contribution in [2.45, 2.75) is 75.5 Å². The Labute approximate surface area is 232 Å². The molecule has 2 N–H and O–H groups in total. The molecule has 4 fully saturated rings. The number of carbonyl (C=O) groups is 2. The Morgan fingerprint density at radius 2 is 1.72 bits per heavy atom. The second kappa shape index (κ2) is 10.4. The number of halogens is 4. The summed E-state index contributed by atoms with van der Waals surface area (Å²) in [5.74, 6) is -0.154. The monoisotopic (exact) mass is 565 g/mol. The third-order valence-electron chi connectivity index (χ3n) is 8.97. The van der Waals surface area contributed by atoms with E-state index in [1.165, 1.54) is 12.1 Å². The number of amides is 2. The molecule has 0 bridgehead atoms. The van der Waals surface area contributed by atoms with Crippen molar-refractivity contribution >= 4 is 24.2 Å². The van der Waals surface area contributed by atoms with Gasteiger partial charge in [-0.15, -0.1) is 12.4 Å². The molecule has 3 heterocycles. The van der Waals surface area contributed by atoms with E-state index in [0.717, 1.165) is 63.4 Å². The van der Waals surface area contributed by atoms with Crippen LogP contribution >= 0.6 is 12.4 Å². The number of alkyl halides is 3. The molecule has 2 amide bonds. The molecule has 1 aromatic carbocycles. The van der Waals surface area contributed by atoms with E-state index in [0.29, 0.717) is 31.5 Å². The number of piperidine rings is 1. The fourth-order valence-corrected chi connectivity index (χ4v) is 6.51. The predicted octanol–water partition coefficient (Wildman–Crippen LogP) is 5.08. The standard InChI is InChI=1S/C28H34F3N5O2.ClH/c29-28(30,31)22-5-2-1-4-20(22)23-6-3-13-35(23)25(37)21-16-33-36(24(21)18-7-8-18)19-9-14-34(15-10-19)17-27(11-12-27)26(32)38;/h1-2,4-5,16,18-19,23H,3,6-15,17H2,(H2,32,38);1H. The van der Waals surface area contributed by atoms with Crippen molar-refractivity contribution in [3.63, 3.8) is 0 Å². The van der Waals surface area contributed by atoms with Gasteiger partial charge >= 0.3 is 6.18 Å². The molecule has 1 atom stereocenters. The van der Waals surface area contributed by atoms with E-state index in [1.807, 2.05) is 4.68 Å². The Morgan fingerprint density at radius 1 is 1.03 bits per heavy atom. The average molecular weight is 566 g/mol. The van der Waals surface area contributed by atoms with Gasteiger partial charge in [-0.2, -0.15) is 18.3 Å². The lowest BCUT2D eigenvalue weighted by Gasteiger charge is -2.34. The summed E-state index contributed by atoms with van der Waals surface area (Å²) >= 11 is 0. The van der Waals surface area contributed by atoms with Crippen molar-refractivity contribution in [2.24, 2.45) is 11.1 Å². The molecule has 2 saturated heterocycles. The largest absolute Gasteiger partial charge is 0.416 e. The van der Waals surface area contributed by atoms with Crippen molar-refractivity contribution in [1.82, 2.24) is 19.6 Å². The SMILES string of the molecule is Cl.NC(=O)C1(CN2CCC(n3ncc(C(=O)N4CCCC4c4ccccc4C(F)(F)F)c3C3CC3)CC2)CC1. The molecular formula is C28H35ClF3N5O2. The van der Waals surface area contributed by atoms with Gasteiger partial charge in [-0.3, -0.25) is 14.3 Å². The third kappa shape index (κ3) is 5.29. The highest BCUT2D eigenvalue weighted by Crippen LogP contribution is 2.48. The van der Waals surface area contributed by atoms with Gasteiger partial charge < -0.3 is 15.5 Å². The summed E-state index contributed by atoms with van der Waals surface area (Å²) in [4.78, 5) is 29.6. The smallest absolute Gasteiger partial charge is 0.369 e. The number of nitrogens with zero attached hydrogens (tertiary/aromatic N) is 4. The highest BCUT2D eigenvalue weighted by molar-refractivity contribution is 5.96. The van der Waals surface area contributed by atoms with Gasteiger partial charge in [-0.05, 0) is 63.0 Å². The van der Waals surface area contributed by atoms with Crippen molar-refractivity contribution in [2.75, 3.05) is 26.2 Å². The molecule has 2 saturated carbocycles. The van der Waals surface area contributed by atoms with Crippen LogP contribution in [-0.4, -0.2) is 57.6 Å². The molecule has 7 nitrogen and oxygen atoms in total. The maximum atomic E-state index is 13.9. The first-order chi connectivity index (χ1) is 18.2. The van der Waals surface area contributed by atoms with Gasteiger partial charge in [0.15, 0.2) is 0 Å². The van der Waals surface area contributed by atoms with E-state index in [9.17, 15) is 22.8 Å². The molecule has 0 spiro atoms. The minimum atomic E-state index is -4.47. The lowest BCUT2D eigenvalue weighted by molar-refractivity contribution is -0.138. The first-order valence-electron chi connectivity index (χ1n) is 13.7.